The Morgan fingerprint density at radius 1 is 1.18 bits per heavy atom. The van der Waals surface area contributed by atoms with Gasteiger partial charge in [-0.05, 0) is 23.8 Å². The maximum absolute atomic E-state index is 12.9. The third-order valence-corrected chi connectivity index (χ3v) is 8.10. The van der Waals surface area contributed by atoms with Gasteiger partial charge in [-0.25, -0.2) is 12.7 Å². The number of amides is 2. The first kappa shape index (κ1) is 23.7. The third kappa shape index (κ3) is 5.06. The number of nitrogens with zero attached hydrogens (tertiary/aromatic N) is 2. The Kier molecular flexibility index (Phi) is 7.04. The fourth-order valence-corrected chi connectivity index (χ4v) is 6.28. The van der Waals surface area contributed by atoms with E-state index in [0.717, 1.165) is 23.0 Å². The topological polar surface area (TPSA) is 96.0 Å². The molecule has 2 unspecified atom stereocenters. The van der Waals surface area contributed by atoms with Crippen molar-refractivity contribution < 1.29 is 22.7 Å². The number of anilines is 1. The van der Waals surface area contributed by atoms with Crippen LogP contribution in [0.15, 0.2) is 48.5 Å². The van der Waals surface area contributed by atoms with Crippen LogP contribution >= 0.6 is 11.6 Å². The Balaban J connectivity index is 1.50. The lowest BCUT2D eigenvalue weighted by Gasteiger charge is -2.35. The van der Waals surface area contributed by atoms with Crippen molar-refractivity contribution in [3.63, 3.8) is 0 Å². The van der Waals surface area contributed by atoms with Gasteiger partial charge in [0.05, 0.1) is 47.2 Å². The molecule has 1 N–H and O–H groups in total. The molecular weight excluding hydrogens is 466 g/mol. The van der Waals surface area contributed by atoms with E-state index in [9.17, 15) is 18.0 Å². The second-order valence-electron chi connectivity index (χ2n) is 8.23. The standard InChI is InChI=1S/C23H26ClN3O5S/c1-16-15-33(30,31)27(23(16)29)18-7-8-19(20(24)13-18)22(28)25-14-21(17-5-3-2-4-6-17)26-9-11-32-12-10-26/h2-8,13,16,21H,9-12,14-15H2,1H3,(H,25,28). The van der Waals surface area contributed by atoms with Crippen LogP contribution in [0.25, 0.3) is 0 Å². The van der Waals surface area contributed by atoms with Gasteiger partial charge in [-0.15, -0.1) is 0 Å². The van der Waals surface area contributed by atoms with Crippen LogP contribution in [0, 0.1) is 5.92 Å². The molecule has 2 atom stereocenters. The van der Waals surface area contributed by atoms with Crippen LogP contribution in [-0.2, 0) is 19.6 Å². The highest BCUT2D eigenvalue weighted by molar-refractivity contribution is 7.94. The number of nitrogens with one attached hydrogen (secondary N) is 1. The zero-order chi connectivity index (χ0) is 23.6. The molecule has 2 saturated heterocycles. The number of sulfonamides is 1. The normalized spacial score (nSPS) is 21.7. The van der Waals surface area contributed by atoms with Crippen LogP contribution in [0.5, 0.6) is 0 Å². The minimum atomic E-state index is -3.74. The van der Waals surface area contributed by atoms with Crippen molar-refractivity contribution in [1.82, 2.24) is 10.2 Å². The zero-order valence-electron chi connectivity index (χ0n) is 18.2. The molecule has 2 aliphatic rings. The molecule has 0 spiro atoms. The molecule has 2 amide bonds. The summed E-state index contributed by atoms with van der Waals surface area (Å²) < 4.78 is 30.9. The molecule has 2 aromatic rings. The maximum atomic E-state index is 12.9. The van der Waals surface area contributed by atoms with Crippen molar-refractivity contribution in [1.29, 1.82) is 0 Å². The summed E-state index contributed by atoms with van der Waals surface area (Å²) in [5, 5.41) is 3.03. The monoisotopic (exact) mass is 491 g/mol. The minimum absolute atomic E-state index is 0.0223. The van der Waals surface area contributed by atoms with Crippen molar-refractivity contribution in [2.45, 2.75) is 13.0 Å². The molecule has 0 radical (unpaired) electrons. The van der Waals surface area contributed by atoms with E-state index >= 15 is 0 Å². The van der Waals surface area contributed by atoms with E-state index in [2.05, 4.69) is 10.2 Å². The van der Waals surface area contributed by atoms with Crippen molar-refractivity contribution in [2.24, 2.45) is 5.92 Å². The SMILES string of the molecule is CC1CS(=O)(=O)N(c2ccc(C(=O)NCC(c3ccccc3)N3CCOCC3)c(Cl)c2)C1=O. The minimum Gasteiger partial charge on any atom is -0.379 e. The summed E-state index contributed by atoms with van der Waals surface area (Å²) in [4.78, 5) is 27.5. The quantitative estimate of drug-likeness (QED) is 0.667. The van der Waals surface area contributed by atoms with Gasteiger partial charge in [0, 0.05) is 19.6 Å². The summed E-state index contributed by atoms with van der Waals surface area (Å²) in [6, 6.07) is 14.2. The summed E-state index contributed by atoms with van der Waals surface area (Å²) >= 11 is 6.34. The second-order valence-corrected chi connectivity index (χ2v) is 10.5. The smallest absolute Gasteiger partial charge is 0.252 e. The Labute approximate surface area is 198 Å². The van der Waals surface area contributed by atoms with Crippen molar-refractivity contribution in [2.75, 3.05) is 42.9 Å². The van der Waals surface area contributed by atoms with Gasteiger partial charge in [0.2, 0.25) is 15.9 Å². The van der Waals surface area contributed by atoms with E-state index in [1.165, 1.54) is 18.2 Å². The summed E-state index contributed by atoms with van der Waals surface area (Å²) in [6.07, 6.45) is 0. The fraction of sp³-hybridized carbons (Fsp3) is 0.391. The number of morpholine rings is 1. The summed E-state index contributed by atoms with van der Waals surface area (Å²) in [5.41, 5.74) is 1.45. The summed E-state index contributed by atoms with van der Waals surface area (Å²) in [6.45, 7) is 4.75. The van der Waals surface area contributed by atoms with Crippen molar-refractivity contribution in [3.8, 4) is 0 Å². The average Bonchev–Trinajstić information content (AvgIpc) is 3.01. The van der Waals surface area contributed by atoms with E-state index in [-0.39, 0.29) is 34.0 Å². The summed E-state index contributed by atoms with van der Waals surface area (Å²) in [7, 11) is -3.74. The molecular formula is C23H26ClN3O5S. The van der Waals surface area contributed by atoms with E-state index in [1.54, 1.807) is 6.92 Å². The van der Waals surface area contributed by atoms with Crippen LogP contribution < -0.4 is 9.62 Å². The first-order chi connectivity index (χ1) is 15.8. The van der Waals surface area contributed by atoms with Crippen LogP contribution in [0.1, 0.15) is 28.9 Å². The van der Waals surface area contributed by atoms with Gasteiger partial charge in [0.15, 0.2) is 0 Å². The lowest BCUT2D eigenvalue weighted by molar-refractivity contribution is -0.119. The molecule has 2 heterocycles. The fourth-order valence-electron chi connectivity index (χ4n) is 4.21. The van der Waals surface area contributed by atoms with Crippen molar-refractivity contribution in [3.05, 3.63) is 64.7 Å². The number of ether oxygens (including phenoxy) is 1. The highest BCUT2D eigenvalue weighted by atomic mass is 35.5. The molecule has 0 aromatic heterocycles. The molecule has 176 valence electrons. The number of benzene rings is 2. The number of halogens is 1. The maximum Gasteiger partial charge on any atom is 0.252 e. The zero-order valence-corrected chi connectivity index (χ0v) is 19.8. The highest BCUT2D eigenvalue weighted by Gasteiger charge is 2.42. The molecule has 0 bridgehead atoms. The molecule has 0 saturated carbocycles. The van der Waals surface area contributed by atoms with Gasteiger partial charge in [0.25, 0.3) is 5.91 Å². The lowest BCUT2D eigenvalue weighted by atomic mass is 10.0. The number of rotatable bonds is 6. The van der Waals surface area contributed by atoms with Gasteiger partial charge in [-0.2, -0.15) is 0 Å². The Morgan fingerprint density at radius 2 is 1.88 bits per heavy atom. The third-order valence-electron chi connectivity index (χ3n) is 5.92. The molecule has 2 aliphatic heterocycles. The Hall–Kier alpha value is -2.46. The Morgan fingerprint density at radius 3 is 2.48 bits per heavy atom. The largest absolute Gasteiger partial charge is 0.379 e. The molecule has 2 fully saturated rings. The van der Waals surface area contributed by atoms with Gasteiger partial charge >= 0.3 is 0 Å². The molecule has 10 heteroatoms. The molecule has 8 nitrogen and oxygen atoms in total. The number of carbonyl (C=O) groups excluding carboxylic acids is 2. The first-order valence-electron chi connectivity index (χ1n) is 10.8. The summed E-state index contributed by atoms with van der Waals surface area (Å²) in [5.74, 6) is -1.73. The van der Waals surface area contributed by atoms with Crippen LogP contribution in [0.3, 0.4) is 0 Å². The highest BCUT2D eigenvalue weighted by Crippen LogP contribution is 2.31. The average molecular weight is 492 g/mol. The van der Waals surface area contributed by atoms with E-state index in [4.69, 9.17) is 16.3 Å². The van der Waals surface area contributed by atoms with Gasteiger partial charge in [-0.3, -0.25) is 14.5 Å². The number of hydrogen-bond donors (Lipinski definition) is 1. The Bertz CT molecular complexity index is 1140. The molecule has 33 heavy (non-hydrogen) atoms. The van der Waals surface area contributed by atoms with Crippen LogP contribution in [-0.4, -0.2) is 63.7 Å². The predicted octanol–water partition coefficient (Wildman–Crippen LogP) is 2.46. The lowest BCUT2D eigenvalue weighted by Crippen LogP contribution is -2.43. The number of carbonyl (C=O) groups is 2. The van der Waals surface area contributed by atoms with Crippen molar-refractivity contribution >= 4 is 39.1 Å². The van der Waals surface area contributed by atoms with E-state index < -0.39 is 21.8 Å². The molecule has 4 rings (SSSR count). The van der Waals surface area contributed by atoms with E-state index in [1.807, 2.05) is 30.3 Å². The van der Waals surface area contributed by atoms with Crippen LogP contribution in [0.2, 0.25) is 5.02 Å². The molecule has 2 aromatic carbocycles. The number of hydrogen-bond acceptors (Lipinski definition) is 6. The van der Waals surface area contributed by atoms with E-state index in [0.29, 0.717) is 19.8 Å². The predicted molar refractivity (Wildman–Crippen MR) is 126 cm³/mol. The van der Waals surface area contributed by atoms with Gasteiger partial charge in [-0.1, -0.05) is 48.9 Å². The molecule has 0 aliphatic carbocycles. The second kappa shape index (κ2) is 9.80. The van der Waals surface area contributed by atoms with Crippen LogP contribution in [0.4, 0.5) is 5.69 Å². The first-order valence-corrected chi connectivity index (χ1v) is 12.8. The van der Waals surface area contributed by atoms with Gasteiger partial charge < -0.3 is 10.1 Å². The van der Waals surface area contributed by atoms with Gasteiger partial charge in [0.1, 0.15) is 0 Å².